The third-order valence-corrected chi connectivity index (χ3v) is 2.20. The zero-order valence-electron chi connectivity index (χ0n) is 7.72. The molecule has 0 aliphatic heterocycles. The molecule has 5 nitrogen and oxygen atoms in total. The number of aromatic nitrogens is 3. The van der Waals surface area contributed by atoms with Crippen LogP contribution in [-0.4, -0.2) is 25.7 Å². The number of nitrogens with zero attached hydrogens (tertiary/aromatic N) is 3. The maximum atomic E-state index is 10.4. The van der Waals surface area contributed by atoms with Gasteiger partial charge in [0.25, 0.3) is 0 Å². The molecule has 0 radical (unpaired) electrons. The van der Waals surface area contributed by atoms with Crippen LogP contribution >= 0.6 is 11.6 Å². The first kappa shape index (κ1) is 9.92. The van der Waals surface area contributed by atoms with E-state index in [2.05, 4.69) is 10.1 Å². The van der Waals surface area contributed by atoms with Crippen molar-refractivity contribution in [2.45, 2.75) is 12.8 Å². The van der Waals surface area contributed by atoms with E-state index in [0.717, 1.165) is 5.69 Å². The molecular formula is C9H8ClN3O2. The van der Waals surface area contributed by atoms with Crippen molar-refractivity contribution in [2.24, 2.45) is 0 Å². The van der Waals surface area contributed by atoms with E-state index in [1.165, 1.54) is 0 Å². The number of halogens is 1. The monoisotopic (exact) mass is 225 g/mol. The minimum absolute atomic E-state index is 0.0575. The molecule has 0 saturated carbocycles. The van der Waals surface area contributed by atoms with Gasteiger partial charge in [0, 0.05) is 6.42 Å². The molecule has 0 fully saturated rings. The molecular weight excluding hydrogens is 218 g/mol. The number of carbonyl (C=O) groups is 1. The Morgan fingerprint density at radius 2 is 2.33 bits per heavy atom. The second-order valence-electron chi connectivity index (χ2n) is 3.07. The SMILES string of the molecule is O=C(O)CCc1cnc2ccc(Cl)nn12. The first-order valence-corrected chi connectivity index (χ1v) is 4.75. The third kappa shape index (κ3) is 2.07. The number of carboxylic acids is 1. The lowest BCUT2D eigenvalue weighted by Crippen LogP contribution is -2.02. The average molecular weight is 226 g/mol. The van der Waals surface area contributed by atoms with E-state index in [-0.39, 0.29) is 6.42 Å². The van der Waals surface area contributed by atoms with Crippen LogP contribution in [-0.2, 0) is 11.2 Å². The van der Waals surface area contributed by atoms with Crippen LogP contribution in [0.1, 0.15) is 12.1 Å². The highest BCUT2D eigenvalue weighted by Crippen LogP contribution is 2.10. The molecule has 0 aliphatic carbocycles. The van der Waals surface area contributed by atoms with Gasteiger partial charge >= 0.3 is 5.97 Å². The summed E-state index contributed by atoms with van der Waals surface area (Å²) in [6.07, 6.45) is 2.06. The summed E-state index contributed by atoms with van der Waals surface area (Å²) in [6.45, 7) is 0. The number of carboxylic acid groups (broad SMARTS) is 1. The van der Waals surface area contributed by atoms with Crippen molar-refractivity contribution >= 4 is 23.2 Å². The van der Waals surface area contributed by atoms with E-state index < -0.39 is 5.97 Å². The molecule has 0 bridgehead atoms. The molecule has 2 heterocycles. The zero-order valence-corrected chi connectivity index (χ0v) is 8.48. The Balaban J connectivity index is 2.35. The molecule has 0 aromatic carbocycles. The second-order valence-corrected chi connectivity index (χ2v) is 3.46. The van der Waals surface area contributed by atoms with Crippen LogP contribution in [0.3, 0.4) is 0 Å². The summed E-state index contributed by atoms with van der Waals surface area (Å²) >= 11 is 5.73. The maximum absolute atomic E-state index is 10.4. The van der Waals surface area contributed by atoms with Gasteiger partial charge in [0.15, 0.2) is 5.65 Å². The van der Waals surface area contributed by atoms with Crippen molar-refractivity contribution in [1.29, 1.82) is 0 Å². The predicted octanol–water partition coefficient (Wildman–Crippen LogP) is 1.40. The molecule has 78 valence electrons. The molecule has 0 saturated heterocycles. The largest absolute Gasteiger partial charge is 0.481 e. The molecule has 0 spiro atoms. The van der Waals surface area contributed by atoms with Crippen LogP contribution in [0.25, 0.3) is 5.65 Å². The first-order valence-electron chi connectivity index (χ1n) is 4.38. The molecule has 2 aromatic rings. The van der Waals surface area contributed by atoms with Crippen molar-refractivity contribution in [3.63, 3.8) is 0 Å². The Bertz CT molecular complexity index is 509. The van der Waals surface area contributed by atoms with Crippen molar-refractivity contribution in [3.05, 3.63) is 29.2 Å². The number of hydrogen-bond acceptors (Lipinski definition) is 3. The molecule has 0 unspecified atom stereocenters. The first-order chi connectivity index (χ1) is 7.16. The lowest BCUT2D eigenvalue weighted by atomic mass is 10.2. The zero-order chi connectivity index (χ0) is 10.8. The van der Waals surface area contributed by atoms with E-state index in [4.69, 9.17) is 16.7 Å². The molecule has 2 aromatic heterocycles. The molecule has 6 heteroatoms. The highest BCUT2D eigenvalue weighted by atomic mass is 35.5. The number of rotatable bonds is 3. The van der Waals surface area contributed by atoms with Gasteiger partial charge in [-0.05, 0) is 12.1 Å². The summed E-state index contributed by atoms with van der Waals surface area (Å²) in [5.74, 6) is -0.841. The fraction of sp³-hybridized carbons (Fsp3) is 0.222. The third-order valence-electron chi connectivity index (χ3n) is 2.00. The number of imidazole rings is 1. The second kappa shape index (κ2) is 3.86. The number of fused-ring (bicyclic) bond motifs is 1. The summed E-state index contributed by atoms with van der Waals surface area (Å²) in [6, 6.07) is 3.38. The van der Waals surface area contributed by atoms with Crippen molar-refractivity contribution < 1.29 is 9.90 Å². The summed E-state index contributed by atoms with van der Waals surface area (Å²) in [4.78, 5) is 14.5. The Morgan fingerprint density at radius 1 is 1.53 bits per heavy atom. The van der Waals surface area contributed by atoms with Crippen LogP contribution in [0.5, 0.6) is 0 Å². The quantitative estimate of drug-likeness (QED) is 0.858. The molecule has 0 amide bonds. The summed E-state index contributed by atoms with van der Waals surface area (Å²) in [7, 11) is 0. The Labute approximate surface area is 90.3 Å². The average Bonchev–Trinajstić information content (AvgIpc) is 2.57. The Hall–Kier alpha value is -1.62. The van der Waals surface area contributed by atoms with Crippen molar-refractivity contribution in [3.8, 4) is 0 Å². The van der Waals surface area contributed by atoms with Crippen LogP contribution < -0.4 is 0 Å². The number of hydrogen-bond donors (Lipinski definition) is 1. The standard InChI is InChI=1S/C9H8ClN3O2/c10-7-2-3-8-11-5-6(13(8)12-7)1-4-9(14)15/h2-3,5H,1,4H2,(H,14,15). The maximum Gasteiger partial charge on any atom is 0.303 e. The normalized spacial score (nSPS) is 10.7. The molecule has 2 rings (SSSR count). The summed E-state index contributed by atoms with van der Waals surface area (Å²) in [5.41, 5.74) is 1.41. The smallest absolute Gasteiger partial charge is 0.303 e. The Kier molecular flexibility index (Phi) is 2.55. The van der Waals surface area contributed by atoms with E-state index in [9.17, 15) is 4.79 Å². The van der Waals surface area contributed by atoms with Gasteiger partial charge in [0.1, 0.15) is 5.15 Å². The topological polar surface area (TPSA) is 67.5 Å². The lowest BCUT2D eigenvalue weighted by molar-refractivity contribution is -0.136. The summed E-state index contributed by atoms with van der Waals surface area (Å²) < 4.78 is 1.56. The highest BCUT2D eigenvalue weighted by Gasteiger charge is 2.06. The highest BCUT2D eigenvalue weighted by molar-refractivity contribution is 6.29. The fourth-order valence-electron chi connectivity index (χ4n) is 1.30. The van der Waals surface area contributed by atoms with Crippen LogP contribution in [0.2, 0.25) is 5.15 Å². The van der Waals surface area contributed by atoms with Gasteiger partial charge in [-0.2, -0.15) is 5.10 Å². The van der Waals surface area contributed by atoms with Gasteiger partial charge in [0.2, 0.25) is 0 Å². The van der Waals surface area contributed by atoms with Gasteiger partial charge in [-0.15, -0.1) is 0 Å². The van der Waals surface area contributed by atoms with Crippen LogP contribution in [0.4, 0.5) is 0 Å². The van der Waals surface area contributed by atoms with Crippen LogP contribution in [0.15, 0.2) is 18.3 Å². The van der Waals surface area contributed by atoms with E-state index in [1.54, 1.807) is 22.8 Å². The van der Waals surface area contributed by atoms with E-state index >= 15 is 0 Å². The molecule has 1 N–H and O–H groups in total. The minimum Gasteiger partial charge on any atom is -0.481 e. The van der Waals surface area contributed by atoms with Gasteiger partial charge in [-0.3, -0.25) is 4.79 Å². The van der Waals surface area contributed by atoms with Crippen LogP contribution in [0, 0.1) is 0 Å². The minimum atomic E-state index is -0.841. The fourth-order valence-corrected chi connectivity index (χ4v) is 1.44. The molecule has 0 atom stereocenters. The molecule has 0 aliphatic rings. The van der Waals surface area contributed by atoms with Crippen molar-refractivity contribution in [1.82, 2.24) is 14.6 Å². The molecule has 15 heavy (non-hydrogen) atoms. The van der Waals surface area contributed by atoms with Gasteiger partial charge in [-0.1, -0.05) is 11.6 Å². The van der Waals surface area contributed by atoms with E-state index in [1.807, 2.05) is 0 Å². The van der Waals surface area contributed by atoms with E-state index in [0.29, 0.717) is 17.2 Å². The lowest BCUT2D eigenvalue weighted by Gasteiger charge is -1.98. The number of aliphatic carboxylic acids is 1. The Morgan fingerprint density at radius 3 is 3.07 bits per heavy atom. The summed E-state index contributed by atoms with van der Waals surface area (Å²) in [5, 5.41) is 13.0. The van der Waals surface area contributed by atoms with Gasteiger partial charge in [-0.25, -0.2) is 9.50 Å². The van der Waals surface area contributed by atoms with Crippen molar-refractivity contribution in [2.75, 3.05) is 0 Å². The predicted molar refractivity (Wildman–Crippen MR) is 54.0 cm³/mol. The van der Waals surface area contributed by atoms with Gasteiger partial charge in [0.05, 0.1) is 18.3 Å². The number of aryl methyl sites for hydroxylation is 1. The van der Waals surface area contributed by atoms with Gasteiger partial charge < -0.3 is 5.11 Å².